The summed E-state index contributed by atoms with van der Waals surface area (Å²) >= 11 is 0. The number of methoxy groups -OCH3 is 1. The fraction of sp³-hybridized carbons (Fsp3) is 0.500. The Morgan fingerprint density at radius 3 is 2.67 bits per heavy atom. The van der Waals surface area contributed by atoms with Crippen molar-refractivity contribution in [2.24, 2.45) is 30.5 Å². The molecule has 2 N–H and O–H groups in total. The van der Waals surface area contributed by atoms with Crippen LogP contribution in [0.4, 0.5) is 5.82 Å². The van der Waals surface area contributed by atoms with Crippen LogP contribution in [0.25, 0.3) is 33.6 Å². The molecule has 4 aromatic rings. The molecular weight excluding hydrogens is 528 g/mol. The van der Waals surface area contributed by atoms with Gasteiger partial charge in [-0.05, 0) is 74.3 Å². The highest BCUT2D eigenvalue weighted by molar-refractivity contribution is 6.00. The number of hydrogen-bond acceptors (Lipinski definition) is 7. The lowest BCUT2D eigenvalue weighted by Gasteiger charge is -2.27. The van der Waals surface area contributed by atoms with Crippen molar-refractivity contribution in [1.82, 2.24) is 24.0 Å². The van der Waals surface area contributed by atoms with E-state index in [9.17, 15) is 10.1 Å². The zero-order valence-electron chi connectivity index (χ0n) is 24.2. The van der Waals surface area contributed by atoms with Crippen molar-refractivity contribution in [3.8, 4) is 23.3 Å². The molecule has 0 radical (unpaired) electrons. The number of nitriles is 1. The third-order valence-electron chi connectivity index (χ3n) is 10.1. The number of amides is 1. The maximum atomic E-state index is 13.7. The topological polar surface area (TPSA) is 118 Å². The molecule has 42 heavy (non-hydrogen) atoms. The lowest BCUT2D eigenvalue weighted by molar-refractivity contribution is 0.0700. The summed E-state index contributed by atoms with van der Waals surface area (Å²) in [6.07, 6.45) is 5.40. The Kier molecular flexibility index (Phi) is 5.77. The number of carbonyl (C=O) groups excluding carboxylic acids is 1. The fourth-order valence-electron chi connectivity index (χ4n) is 7.56. The summed E-state index contributed by atoms with van der Waals surface area (Å²) in [7, 11) is 3.66. The zero-order valence-corrected chi connectivity index (χ0v) is 24.2. The van der Waals surface area contributed by atoms with Crippen LogP contribution in [-0.4, -0.2) is 68.7 Å². The average Bonchev–Trinajstić information content (AvgIpc) is 3.32. The quantitative estimate of drug-likeness (QED) is 0.377. The van der Waals surface area contributed by atoms with Gasteiger partial charge in [-0.3, -0.25) is 4.79 Å². The molecule has 2 saturated carbocycles. The standard InChI is InChI=1S/C32H36N8O2/c1-37-29-23(11-22(13-26(29)42-2)32(41)40-17-21-5-7-24(40)28(21)34)35-31(37)25-12-20-6-8-27(38-10-9-19(14-33)15-38)36-30(20)39(25)16-18-3-4-18/h6,8,11-13,18-19,21,24,28H,3-5,7,9-10,15-17,34H2,1-2H3/t19-,21?,24?,28-/m1/s1. The minimum atomic E-state index is 0.00480. The number of carbonyl (C=O) groups is 1. The number of nitrogens with two attached hydrogens (primary N) is 1. The second kappa shape index (κ2) is 9.46. The monoisotopic (exact) mass is 564 g/mol. The summed E-state index contributed by atoms with van der Waals surface area (Å²) in [5.41, 5.74) is 10.6. The van der Waals surface area contributed by atoms with Gasteiger partial charge >= 0.3 is 0 Å². The van der Waals surface area contributed by atoms with Gasteiger partial charge in [0, 0.05) is 56.3 Å². The highest BCUT2D eigenvalue weighted by Crippen LogP contribution is 2.40. The molecule has 216 valence electrons. The number of likely N-dealkylation sites (tertiary alicyclic amines) is 1. The number of rotatable bonds is 6. The van der Waals surface area contributed by atoms with Crippen molar-refractivity contribution in [2.45, 2.75) is 50.7 Å². The van der Waals surface area contributed by atoms with Gasteiger partial charge in [-0.15, -0.1) is 0 Å². The van der Waals surface area contributed by atoms with Crippen LogP contribution in [0.2, 0.25) is 0 Å². The molecule has 10 heteroatoms. The Morgan fingerprint density at radius 1 is 1.12 bits per heavy atom. The first-order chi connectivity index (χ1) is 20.4. The first kappa shape index (κ1) is 25.6. The Labute approximate surface area is 244 Å². The van der Waals surface area contributed by atoms with Gasteiger partial charge in [0.05, 0.1) is 30.3 Å². The predicted molar refractivity (Wildman–Crippen MR) is 160 cm³/mol. The molecule has 4 fully saturated rings. The second-order valence-electron chi connectivity index (χ2n) is 12.7. The van der Waals surface area contributed by atoms with E-state index in [1.165, 1.54) is 12.8 Å². The smallest absolute Gasteiger partial charge is 0.254 e. The Hall–Kier alpha value is -4.10. The minimum absolute atomic E-state index is 0.00480. The lowest BCUT2D eigenvalue weighted by Crippen LogP contribution is -2.41. The van der Waals surface area contributed by atoms with Crippen LogP contribution in [-0.2, 0) is 13.6 Å². The molecule has 1 aromatic carbocycles. The normalized spacial score (nSPS) is 25.2. The molecule has 1 amide bonds. The molecule has 10 nitrogen and oxygen atoms in total. The van der Waals surface area contributed by atoms with Crippen molar-refractivity contribution in [1.29, 1.82) is 5.26 Å². The Balaban J connectivity index is 1.21. The molecule has 2 unspecified atom stereocenters. The first-order valence-electron chi connectivity index (χ1n) is 15.2. The number of hydrogen-bond donors (Lipinski definition) is 1. The van der Waals surface area contributed by atoms with Crippen LogP contribution in [0.5, 0.6) is 5.75 Å². The summed E-state index contributed by atoms with van der Waals surface area (Å²) in [4.78, 5) is 28.1. The van der Waals surface area contributed by atoms with E-state index in [2.05, 4.69) is 38.3 Å². The van der Waals surface area contributed by atoms with Crippen molar-refractivity contribution in [2.75, 3.05) is 31.6 Å². The number of nitrogens with zero attached hydrogens (tertiary/aromatic N) is 7. The number of ether oxygens (including phenoxy) is 1. The second-order valence-corrected chi connectivity index (χ2v) is 12.7. The third-order valence-corrected chi connectivity index (χ3v) is 10.1. The number of pyridine rings is 1. The molecule has 4 atom stereocenters. The van der Waals surface area contributed by atoms with Crippen molar-refractivity contribution in [3.05, 3.63) is 35.9 Å². The Bertz CT molecular complexity index is 1780. The summed E-state index contributed by atoms with van der Waals surface area (Å²) in [6.45, 7) is 3.19. The van der Waals surface area contributed by atoms with Crippen molar-refractivity contribution < 1.29 is 9.53 Å². The zero-order chi connectivity index (χ0) is 28.7. The molecule has 2 bridgehead atoms. The molecule has 8 rings (SSSR count). The number of benzene rings is 1. The van der Waals surface area contributed by atoms with Crippen molar-refractivity contribution >= 4 is 33.8 Å². The average molecular weight is 565 g/mol. The van der Waals surface area contributed by atoms with Gasteiger partial charge in [0.2, 0.25) is 0 Å². The highest BCUT2D eigenvalue weighted by Gasteiger charge is 2.47. The predicted octanol–water partition coefficient (Wildman–Crippen LogP) is 3.92. The molecular formula is C32H36N8O2. The van der Waals surface area contributed by atoms with Crippen LogP contribution in [0.15, 0.2) is 30.3 Å². The van der Waals surface area contributed by atoms with Crippen LogP contribution in [0.3, 0.4) is 0 Å². The maximum Gasteiger partial charge on any atom is 0.254 e. The first-order valence-corrected chi connectivity index (χ1v) is 15.2. The van der Waals surface area contributed by atoms with Gasteiger partial charge in [-0.1, -0.05) is 0 Å². The van der Waals surface area contributed by atoms with Gasteiger partial charge in [-0.2, -0.15) is 5.26 Å². The van der Waals surface area contributed by atoms with E-state index >= 15 is 0 Å². The van der Waals surface area contributed by atoms with E-state index < -0.39 is 0 Å². The third kappa shape index (κ3) is 3.90. The Morgan fingerprint density at radius 2 is 1.98 bits per heavy atom. The molecule has 2 aliphatic carbocycles. The van der Waals surface area contributed by atoms with Crippen LogP contribution >= 0.6 is 0 Å². The minimum Gasteiger partial charge on any atom is -0.494 e. The van der Waals surface area contributed by atoms with Gasteiger partial charge < -0.3 is 29.4 Å². The molecule has 3 aromatic heterocycles. The van der Waals surface area contributed by atoms with Crippen LogP contribution < -0.4 is 15.4 Å². The lowest BCUT2D eigenvalue weighted by atomic mass is 10.1. The van der Waals surface area contributed by atoms with E-state index in [1.807, 2.05) is 24.1 Å². The van der Waals surface area contributed by atoms with E-state index in [1.54, 1.807) is 7.11 Å². The van der Waals surface area contributed by atoms with E-state index in [0.717, 1.165) is 84.8 Å². The number of fused-ring (bicyclic) bond motifs is 4. The van der Waals surface area contributed by atoms with Crippen molar-refractivity contribution in [3.63, 3.8) is 0 Å². The summed E-state index contributed by atoms with van der Waals surface area (Å²) in [6, 6.07) is 12.7. The summed E-state index contributed by atoms with van der Waals surface area (Å²) in [5.74, 6) is 3.47. The molecule has 0 spiro atoms. The SMILES string of the molecule is COc1cc(C(=O)N2CC3CCC2[C@@H]3N)cc2nc(-c3cc4ccc(N5CC[C@H](C#N)C5)nc4n3CC3CC3)n(C)c12. The van der Waals surface area contributed by atoms with Crippen LogP contribution in [0.1, 0.15) is 42.5 Å². The van der Waals surface area contributed by atoms with Gasteiger partial charge in [-0.25, -0.2) is 9.97 Å². The van der Waals surface area contributed by atoms with Gasteiger partial charge in [0.1, 0.15) is 22.7 Å². The van der Waals surface area contributed by atoms with E-state index in [4.69, 9.17) is 20.4 Å². The molecule has 2 aliphatic heterocycles. The summed E-state index contributed by atoms with van der Waals surface area (Å²) < 4.78 is 10.2. The number of imidazole rings is 1. The molecule has 5 heterocycles. The van der Waals surface area contributed by atoms with E-state index in [0.29, 0.717) is 23.1 Å². The van der Waals surface area contributed by atoms with Gasteiger partial charge in [0.15, 0.2) is 5.82 Å². The molecule has 2 saturated heterocycles. The maximum absolute atomic E-state index is 13.7. The van der Waals surface area contributed by atoms with E-state index in [-0.39, 0.29) is 23.9 Å². The number of aryl methyl sites for hydroxylation is 1. The largest absolute Gasteiger partial charge is 0.494 e. The number of anilines is 1. The summed E-state index contributed by atoms with van der Waals surface area (Å²) in [5, 5.41) is 10.5. The number of aromatic nitrogens is 4. The number of piperidine rings is 1. The highest BCUT2D eigenvalue weighted by atomic mass is 16.5. The molecule has 4 aliphatic rings. The van der Waals surface area contributed by atoms with Crippen LogP contribution in [0, 0.1) is 29.1 Å². The fourth-order valence-corrected chi connectivity index (χ4v) is 7.56. The van der Waals surface area contributed by atoms with Gasteiger partial charge in [0.25, 0.3) is 5.91 Å².